The van der Waals surface area contributed by atoms with E-state index < -0.39 is 0 Å². The molecule has 3 aliphatic heterocycles. The van der Waals surface area contributed by atoms with Crippen molar-refractivity contribution in [1.29, 1.82) is 0 Å². The summed E-state index contributed by atoms with van der Waals surface area (Å²) in [5.41, 5.74) is 2.22. The third kappa shape index (κ3) is 4.18. The predicted molar refractivity (Wildman–Crippen MR) is 107 cm³/mol. The third-order valence-corrected chi connectivity index (χ3v) is 6.38. The first kappa shape index (κ1) is 18.5. The summed E-state index contributed by atoms with van der Waals surface area (Å²) in [5, 5.41) is 6.83. The van der Waals surface area contributed by atoms with Crippen molar-refractivity contribution >= 4 is 17.5 Å². The van der Waals surface area contributed by atoms with Crippen LogP contribution in [0, 0.1) is 5.92 Å². The zero-order valence-electron chi connectivity index (χ0n) is 16.2. The SMILES string of the molecule is CCCCc1ccc(N2CC(C(=O)NC3CC4CCC(C3)N4)CC2=O)cc1. The molecule has 27 heavy (non-hydrogen) atoms. The molecule has 146 valence electrons. The Kier molecular flexibility index (Phi) is 5.48. The van der Waals surface area contributed by atoms with Crippen LogP contribution in [-0.2, 0) is 16.0 Å². The minimum Gasteiger partial charge on any atom is -0.353 e. The fourth-order valence-corrected chi connectivity index (χ4v) is 4.85. The fraction of sp³-hybridized carbons (Fsp3) is 0.636. The maximum atomic E-state index is 12.7. The van der Waals surface area contributed by atoms with E-state index in [1.54, 1.807) is 4.90 Å². The van der Waals surface area contributed by atoms with E-state index in [0.29, 0.717) is 25.0 Å². The van der Waals surface area contributed by atoms with E-state index in [0.717, 1.165) is 24.9 Å². The number of aryl methyl sites for hydroxylation is 1. The summed E-state index contributed by atoms with van der Waals surface area (Å²) in [6.07, 6.45) is 8.25. The van der Waals surface area contributed by atoms with Gasteiger partial charge < -0.3 is 15.5 Å². The molecule has 3 aliphatic rings. The van der Waals surface area contributed by atoms with Gasteiger partial charge in [0.05, 0.1) is 5.92 Å². The maximum absolute atomic E-state index is 12.7. The van der Waals surface area contributed by atoms with Crippen LogP contribution in [0.5, 0.6) is 0 Å². The van der Waals surface area contributed by atoms with E-state index in [-0.39, 0.29) is 23.8 Å². The molecule has 3 atom stereocenters. The third-order valence-electron chi connectivity index (χ3n) is 6.38. The molecule has 3 unspecified atom stereocenters. The van der Waals surface area contributed by atoms with Crippen molar-refractivity contribution in [2.75, 3.05) is 11.4 Å². The molecule has 5 nitrogen and oxygen atoms in total. The highest BCUT2D eigenvalue weighted by Crippen LogP contribution is 2.29. The van der Waals surface area contributed by atoms with Crippen molar-refractivity contribution in [2.24, 2.45) is 5.92 Å². The number of anilines is 1. The van der Waals surface area contributed by atoms with Gasteiger partial charge in [-0.25, -0.2) is 0 Å². The Balaban J connectivity index is 1.33. The molecule has 5 heteroatoms. The van der Waals surface area contributed by atoms with Crippen molar-refractivity contribution < 1.29 is 9.59 Å². The van der Waals surface area contributed by atoms with Gasteiger partial charge in [-0.15, -0.1) is 0 Å². The lowest BCUT2D eigenvalue weighted by atomic mass is 9.98. The molecule has 1 aromatic rings. The molecular weight excluding hydrogens is 338 g/mol. The van der Waals surface area contributed by atoms with E-state index in [9.17, 15) is 9.59 Å². The zero-order chi connectivity index (χ0) is 18.8. The molecule has 0 spiro atoms. The number of amides is 2. The van der Waals surface area contributed by atoms with Gasteiger partial charge in [-0.1, -0.05) is 25.5 Å². The second kappa shape index (κ2) is 8.01. The molecule has 3 heterocycles. The van der Waals surface area contributed by atoms with Crippen LogP contribution >= 0.6 is 0 Å². The number of nitrogens with zero attached hydrogens (tertiary/aromatic N) is 1. The summed E-state index contributed by atoms with van der Waals surface area (Å²) in [6.45, 7) is 2.69. The van der Waals surface area contributed by atoms with Gasteiger partial charge in [-0.3, -0.25) is 9.59 Å². The zero-order valence-corrected chi connectivity index (χ0v) is 16.2. The Morgan fingerprint density at radius 1 is 1.19 bits per heavy atom. The van der Waals surface area contributed by atoms with Gasteiger partial charge in [0.25, 0.3) is 0 Å². The van der Waals surface area contributed by atoms with Crippen LogP contribution in [0.1, 0.15) is 57.4 Å². The Bertz CT molecular complexity index is 675. The van der Waals surface area contributed by atoms with Crippen molar-refractivity contribution in [2.45, 2.75) is 76.4 Å². The molecule has 3 fully saturated rings. The van der Waals surface area contributed by atoms with Crippen LogP contribution in [0.15, 0.2) is 24.3 Å². The first-order chi connectivity index (χ1) is 13.1. The molecule has 0 aromatic heterocycles. The molecule has 4 rings (SSSR count). The van der Waals surface area contributed by atoms with Crippen molar-refractivity contribution in [3.8, 4) is 0 Å². The predicted octanol–water partition coefficient (Wildman–Crippen LogP) is 2.78. The van der Waals surface area contributed by atoms with Gasteiger partial charge in [0.2, 0.25) is 11.8 Å². The lowest BCUT2D eigenvalue weighted by Crippen LogP contribution is -2.49. The molecule has 0 radical (unpaired) electrons. The average Bonchev–Trinajstić information content (AvgIpc) is 3.22. The molecule has 0 saturated carbocycles. The second-order valence-corrected chi connectivity index (χ2v) is 8.49. The fourth-order valence-electron chi connectivity index (χ4n) is 4.85. The van der Waals surface area contributed by atoms with Crippen LogP contribution in [0.25, 0.3) is 0 Å². The van der Waals surface area contributed by atoms with Crippen LogP contribution in [-0.4, -0.2) is 36.5 Å². The van der Waals surface area contributed by atoms with Gasteiger partial charge in [0.1, 0.15) is 0 Å². The van der Waals surface area contributed by atoms with E-state index in [1.165, 1.54) is 31.2 Å². The normalized spacial score (nSPS) is 30.0. The molecular formula is C22H31N3O2. The lowest BCUT2D eigenvalue weighted by molar-refractivity contribution is -0.127. The molecule has 2 N–H and O–H groups in total. The number of nitrogens with one attached hydrogen (secondary N) is 2. The summed E-state index contributed by atoms with van der Waals surface area (Å²) < 4.78 is 0. The summed E-state index contributed by atoms with van der Waals surface area (Å²) in [5.74, 6) is -0.122. The molecule has 3 saturated heterocycles. The number of benzene rings is 1. The minimum absolute atomic E-state index is 0.0525. The van der Waals surface area contributed by atoms with Gasteiger partial charge in [-0.05, 0) is 56.2 Å². The van der Waals surface area contributed by atoms with Crippen LogP contribution < -0.4 is 15.5 Å². The molecule has 2 amide bonds. The Morgan fingerprint density at radius 2 is 1.89 bits per heavy atom. The van der Waals surface area contributed by atoms with Crippen molar-refractivity contribution in [1.82, 2.24) is 10.6 Å². The number of fused-ring (bicyclic) bond motifs is 2. The molecule has 2 bridgehead atoms. The highest BCUT2D eigenvalue weighted by atomic mass is 16.2. The lowest BCUT2D eigenvalue weighted by Gasteiger charge is -2.30. The van der Waals surface area contributed by atoms with Crippen LogP contribution in [0.4, 0.5) is 5.69 Å². The van der Waals surface area contributed by atoms with E-state index in [1.807, 2.05) is 12.1 Å². The smallest absolute Gasteiger partial charge is 0.227 e. The number of hydrogen-bond acceptors (Lipinski definition) is 3. The number of unbranched alkanes of at least 4 members (excludes halogenated alkanes) is 1. The van der Waals surface area contributed by atoms with Gasteiger partial charge in [-0.2, -0.15) is 0 Å². The topological polar surface area (TPSA) is 61.4 Å². The Labute approximate surface area is 161 Å². The number of rotatable bonds is 6. The second-order valence-electron chi connectivity index (χ2n) is 8.49. The first-order valence-electron chi connectivity index (χ1n) is 10.6. The Morgan fingerprint density at radius 3 is 2.56 bits per heavy atom. The first-order valence-corrected chi connectivity index (χ1v) is 10.6. The van der Waals surface area contributed by atoms with E-state index in [4.69, 9.17) is 0 Å². The highest BCUT2D eigenvalue weighted by Gasteiger charge is 2.38. The van der Waals surface area contributed by atoms with Gasteiger partial charge in [0.15, 0.2) is 0 Å². The van der Waals surface area contributed by atoms with E-state index in [2.05, 4.69) is 29.7 Å². The largest absolute Gasteiger partial charge is 0.353 e. The number of piperidine rings is 1. The number of carbonyl (C=O) groups is 2. The van der Waals surface area contributed by atoms with Crippen LogP contribution in [0.2, 0.25) is 0 Å². The van der Waals surface area contributed by atoms with Crippen molar-refractivity contribution in [3.63, 3.8) is 0 Å². The van der Waals surface area contributed by atoms with Crippen molar-refractivity contribution in [3.05, 3.63) is 29.8 Å². The summed E-state index contributed by atoms with van der Waals surface area (Å²) in [4.78, 5) is 27.0. The van der Waals surface area contributed by atoms with Crippen LogP contribution in [0.3, 0.4) is 0 Å². The summed E-state index contributed by atoms with van der Waals surface area (Å²) in [7, 11) is 0. The van der Waals surface area contributed by atoms with Gasteiger partial charge in [0, 0.05) is 36.8 Å². The summed E-state index contributed by atoms with van der Waals surface area (Å²) >= 11 is 0. The molecule has 0 aliphatic carbocycles. The quantitative estimate of drug-likeness (QED) is 0.811. The average molecular weight is 370 g/mol. The van der Waals surface area contributed by atoms with E-state index >= 15 is 0 Å². The highest BCUT2D eigenvalue weighted by molar-refractivity contribution is 6.00. The minimum atomic E-state index is -0.232. The monoisotopic (exact) mass is 369 g/mol. The maximum Gasteiger partial charge on any atom is 0.227 e. The number of hydrogen-bond donors (Lipinski definition) is 2. The Hall–Kier alpha value is -1.88. The molecule has 1 aromatic carbocycles. The standard InChI is InChI=1S/C22H31N3O2/c1-2-3-4-15-5-9-20(10-6-15)25-14-16(11-21(25)26)22(27)24-19-12-17-7-8-18(13-19)23-17/h5-6,9-10,16-19,23H,2-4,7-8,11-14H2,1H3,(H,24,27). The van der Waals surface area contributed by atoms with Gasteiger partial charge >= 0.3 is 0 Å². The number of carbonyl (C=O) groups excluding carboxylic acids is 2. The summed E-state index contributed by atoms with van der Waals surface area (Å²) in [6, 6.07) is 9.64.